The lowest BCUT2D eigenvalue weighted by Crippen LogP contribution is -2.22. The van der Waals surface area contributed by atoms with E-state index in [-0.39, 0.29) is 23.2 Å². The lowest BCUT2D eigenvalue weighted by atomic mass is 10.0. The summed E-state index contributed by atoms with van der Waals surface area (Å²) in [6.07, 6.45) is 1.39. The van der Waals surface area contributed by atoms with Gasteiger partial charge in [-0.25, -0.2) is 9.59 Å². The average Bonchev–Trinajstić information content (AvgIpc) is 4.00. The van der Waals surface area contributed by atoms with Crippen LogP contribution in [0.25, 0.3) is 10.0 Å². The second-order valence-corrected chi connectivity index (χ2v) is 15.6. The molecule has 0 aliphatic carbocycles. The minimum atomic E-state index is -1.25. The van der Waals surface area contributed by atoms with Crippen molar-refractivity contribution in [3.8, 4) is 10.0 Å². The Morgan fingerprint density at radius 2 is 0.929 bits per heavy atom. The maximum absolute atomic E-state index is 13.7. The van der Waals surface area contributed by atoms with Crippen LogP contribution in [0.5, 0.6) is 0 Å². The Balaban J connectivity index is 1.23. The van der Waals surface area contributed by atoms with E-state index in [9.17, 15) is 19.2 Å². The molecule has 16 heteroatoms. The number of esters is 2. The molecule has 290 valence electrons. The molecule has 6 rings (SSSR count). The molecule has 0 amide bonds. The Morgan fingerprint density at radius 3 is 1.27 bits per heavy atom. The zero-order chi connectivity index (χ0) is 39.9. The summed E-state index contributed by atoms with van der Waals surface area (Å²) in [6, 6.07) is 21.7. The Morgan fingerprint density at radius 1 is 0.571 bits per heavy atom. The number of carbonyl (C=O) groups excluding carboxylic acids is 4. The van der Waals surface area contributed by atoms with Gasteiger partial charge in [-0.2, -0.15) is 0 Å². The van der Waals surface area contributed by atoms with Crippen LogP contribution in [0.4, 0.5) is 0 Å². The number of rotatable bonds is 16. The molecule has 0 fully saturated rings. The number of thiophene rings is 2. The van der Waals surface area contributed by atoms with Gasteiger partial charge in [-0.15, -0.1) is 43.1 Å². The van der Waals surface area contributed by atoms with Gasteiger partial charge in [0, 0.05) is 20.9 Å². The molecule has 0 radical (unpaired) electrons. The largest absolute Gasteiger partial charge is 0.449 e. The van der Waals surface area contributed by atoms with E-state index in [1.165, 1.54) is 22.7 Å². The molecule has 6 aromatic rings. The third-order valence-electron chi connectivity index (χ3n) is 8.53. The standard InChI is InChI=1S/C40H42N8O6S2/c1-7-27-19-29(35(49)25-15-11-9-12-16-25)37(55-27)47-31(21-45(3)4)41-43-33(47)23-53-39(51)40(52)54-24-34-44-42-32(22-46(5)6)48(34)38-30(20-28(8-2)56-38)36(50)26-17-13-10-14-18-26/h9-20H,7-8,21-24H2,1-6H3. The molecule has 0 aliphatic heterocycles. The van der Waals surface area contributed by atoms with Crippen LogP contribution in [0.15, 0.2) is 72.8 Å². The number of nitrogens with zero attached hydrogens (tertiary/aromatic N) is 8. The Hall–Kier alpha value is -5.68. The Bertz CT molecular complexity index is 2180. The summed E-state index contributed by atoms with van der Waals surface area (Å²) < 4.78 is 14.3. The van der Waals surface area contributed by atoms with E-state index in [1.807, 2.05) is 76.1 Å². The second-order valence-electron chi connectivity index (χ2n) is 13.3. The molecule has 4 aromatic heterocycles. The first-order chi connectivity index (χ1) is 27.0. The van der Waals surface area contributed by atoms with Crippen molar-refractivity contribution >= 4 is 46.2 Å². The molecule has 56 heavy (non-hydrogen) atoms. The number of aromatic nitrogens is 6. The summed E-state index contributed by atoms with van der Waals surface area (Å²) in [5.41, 5.74) is 1.99. The lowest BCUT2D eigenvalue weighted by Gasteiger charge is -2.14. The summed E-state index contributed by atoms with van der Waals surface area (Å²) in [6.45, 7) is 3.92. The van der Waals surface area contributed by atoms with Crippen molar-refractivity contribution in [3.05, 3.63) is 128 Å². The first-order valence-electron chi connectivity index (χ1n) is 17.9. The van der Waals surface area contributed by atoms with Crippen LogP contribution in [0.2, 0.25) is 0 Å². The van der Waals surface area contributed by atoms with E-state index in [0.717, 1.165) is 9.75 Å². The molecule has 0 bridgehead atoms. The predicted octanol–water partition coefficient (Wildman–Crippen LogP) is 5.47. The fraction of sp³-hybridized carbons (Fsp3) is 0.300. The summed E-state index contributed by atoms with van der Waals surface area (Å²) in [5.74, 6) is -1.35. The van der Waals surface area contributed by atoms with Crippen LogP contribution < -0.4 is 0 Å². The number of ether oxygens (including phenoxy) is 2. The third-order valence-corrected chi connectivity index (χ3v) is 11.1. The highest BCUT2D eigenvalue weighted by atomic mass is 32.1. The van der Waals surface area contributed by atoms with Crippen LogP contribution in [0, 0.1) is 0 Å². The molecule has 0 saturated carbocycles. The monoisotopic (exact) mass is 794 g/mol. The fourth-order valence-electron chi connectivity index (χ4n) is 5.87. The highest BCUT2D eigenvalue weighted by Gasteiger charge is 2.28. The van der Waals surface area contributed by atoms with Crippen molar-refractivity contribution in [2.24, 2.45) is 0 Å². The maximum atomic E-state index is 13.7. The van der Waals surface area contributed by atoms with Crippen LogP contribution in [0.1, 0.15) is 78.7 Å². The average molecular weight is 795 g/mol. The van der Waals surface area contributed by atoms with Gasteiger partial charge < -0.3 is 19.3 Å². The smallest absolute Gasteiger partial charge is 0.417 e. The molecular weight excluding hydrogens is 753 g/mol. The van der Waals surface area contributed by atoms with E-state index in [2.05, 4.69) is 20.4 Å². The van der Waals surface area contributed by atoms with Gasteiger partial charge in [0.2, 0.25) is 0 Å². The fourth-order valence-corrected chi connectivity index (χ4v) is 8.14. The van der Waals surface area contributed by atoms with Gasteiger partial charge >= 0.3 is 11.9 Å². The molecule has 0 aliphatic rings. The van der Waals surface area contributed by atoms with E-state index in [1.54, 1.807) is 57.7 Å². The molecule has 0 atom stereocenters. The van der Waals surface area contributed by atoms with Crippen LogP contribution >= 0.6 is 22.7 Å². The summed E-state index contributed by atoms with van der Waals surface area (Å²) in [5, 5.41) is 18.5. The molecule has 14 nitrogen and oxygen atoms in total. The van der Waals surface area contributed by atoms with Gasteiger partial charge in [-0.1, -0.05) is 74.5 Å². The zero-order valence-electron chi connectivity index (χ0n) is 32.0. The van der Waals surface area contributed by atoms with E-state index in [0.29, 0.717) is 69.8 Å². The minimum Gasteiger partial charge on any atom is -0.449 e. The SMILES string of the molecule is CCc1cc(C(=O)c2ccccc2)c(-n2c(COC(=O)C(=O)OCc3nnc(CN(C)C)n3-c3sc(CC)cc3C(=O)c3ccccc3)nnc2CN(C)C)s1. The lowest BCUT2D eigenvalue weighted by molar-refractivity contribution is -0.169. The molecule has 0 saturated heterocycles. The van der Waals surface area contributed by atoms with Gasteiger partial charge in [-0.05, 0) is 53.2 Å². The summed E-state index contributed by atoms with van der Waals surface area (Å²) in [7, 11) is 7.52. The van der Waals surface area contributed by atoms with Crippen molar-refractivity contribution in [3.63, 3.8) is 0 Å². The van der Waals surface area contributed by atoms with Crippen molar-refractivity contribution < 1.29 is 28.7 Å². The molecule has 0 spiro atoms. The minimum absolute atomic E-state index is 0.167. The topological polar surface area (TPSA) is 155 Å². The Kier molecular flexibility index (Phi) is 12.7. The summed E-state index contributed by atoms with van der Waals surface area (Å²) in [4.78, 5) is 59.5. The number of ketones is 2. The van der Waals surface area contributed by atoms with Gasteiger partial charge in [-0.3, -0.25) is 18.7 Å². The van der Waals surface area contributed by atoms with Crippen molar-refractivity contribution in [2.45, 2.75) is 53.0 Å². The first kappa shape index (κ1) is 40.0. The molecule has 0 N–H and O–H groups in total. The van der Waals surface area contributed by atoms with Gasteiger partial charge in [0.15, 0.2) is 48.1 Å². The summed E-state index contributed by atoms with van der Waals surface area (Å²) >= 11 is 2.85. The highest BCUT2D eigenvalue weighted by Crippen LogP contribution is 2.33. The molecule has 0 unspecified atom stereocenters. The van der Waals surface area contributed by atoms with Crippen LogP contribution in [-0.2, 0) is 58.2 Å². The number of hydrogen-bond acceptors (Lipinski definition) is 14. The first-order valence-corrected chi connectivity index (χ1v) is 19.6. The Labute approximate surface area is 332 Å². The third kappa shape index (κ3) is 8.89. The van der Waals surface area contributed by atoms with Crippen molar-refractivity contribution in [1.82, 2.24) is 39.3 Å². The normalized spacial score (nSPS) is 11.4. The predicted molar refractivity (Wildman–Crippen MR) is 211 cm³/mol. The van der Waals surface area contributed by atoms with Crippen LogP contribution in [-0.4, -0.2) is 91.0 Å². The van der Waals surface area contributed by atoms with Gasteiger partial charge in [0.1, 0.15) is 10.0 Å². The highest BCUT2D eigenvalue weighted by molar-refractivity contribution is 7.15. The van der Waals surface area contributed by atoms with E-state index >= 15 is 0 Å². The number of aryl methyl sites for hydroxylation is 2. The molecule has 4 heterocycles. The van der Waals surface area contributed by atoms with Gasteiger partial charge in [0.05, 0.1) is 24.2 Å². The number of hydrogen-bond donors (Lipinski definition) is 0. The van der Waals surface area contributed by atoms with E-state index < -0.39 is 25.2 Å². The number of benzene rings is 2. The molecular formula is C40H42N8O6S2. The quantitative estimate of drug-likeness (QED) is 0.0694. The zero-order valence-corrected chi connectivity index (χ0v) is 33.6. The second kappa shape index (κ2) is 17.8. The van der Waals surface area contributed by atoms with Crippen molar-refractivity contribution in [1.29, 1.82) is 0 Å². The van der Waals surface area contributed by atoms with E-state index in [4.69, 9.17) is 9.47 Å². The number of carbonyl (C=O) groups is 4. The van der Waals surface area contributed by atoms with Crippen LogP contribution in [0.3, 0.4) is 0 Å². The molecule has 2 aromatic carbocycles. The maximum Gasteiger partial charge on any atom is 0.417 e. The van der Waals surface area contributed by atoms with Crippen molar-refractivity contribution in [2.75, 3.05) is 28.2 Å². The van der Waals surface area contributed by atoms with Gasteiger partial charge in [0.25, 0.3) is 0 Å².